The molecule has 0 saturated carbocycles. The Morgan fingerprint density at radius 3 is 2.57 bits per heavy atom. The van der Waals surface area contributed by atoms with Gasteiger partial charge in [0.25, 0.3) is 0 Å². The van der Waals surface area contributed by atoms with Crippen molar-refractivity contribution in [2.75, 3.05) is 17.8 Å². The Labute approximate surface area is 96.5 Å². The molecule has 4 heteroatoms. The average Bonchev–Trinajstić information content (AvgIpc) is 2.25. The highest BCUT2D eigenvalue weighted by atomic mass is 127. The van der Waals surface area contributed by atoms with E-state index in [0.717, 1.165) is 0 Å². The zero-order chi connectivity index (χ0) is 10.2. The molecule has 0 heterocycles. The highest BCUT2D eigenvalue weighted by Crippen LogP contribution is 2.00. The number of carbonyl (C=O) groups is 1. The molecule has 0 unspecified atom stereocenters. The molecule has 0 aliphatic carbocycles. The summed E-state index contributed by atoms with van der Waals surface area (Å²) in [5, 5.41) is 0. The van der Waals surface area contributed by atoms with Crippen LogP contribution in [0.5, 0.6) is 0 Å². The van der Waals surface area contributed by atoms with Gasteiger partial charge in [0.2, 0.25) is 0 Å². The largest absolute Gasteiger partial charge is 0.460 e. The van der Waals surface area contributed by atoms with Crippen molar-refractivity contribution in [1.82, 2.24) is 0 Å². The van der Waals surface area contributed by atoms with Gasteiger partial charge in [-0.1, -0.05) is 40.8 Å². The molecule has 0 spiro atoms. The fourth-order valence-corrected chi connectivity index (χ4v) is 1.22. The molecule has 0 radical (unpaired) electrons. The first kappa shape index (κ1) is 11.5. The van der Waals surface area contributed by atoms with E-state index in [1.54, 1.807) is 24.3 Å². The maximum Gasteiger partial charge on any atom is 0.338 e. The predicted molar refractivity (Wildman–Crippen MR) is 61.6 cm³/mol. The average molecular weight is 306 g/mol. The lowest BCUT2D eigenvalue weighted by Crippen LogP contribution is -2.10. The Morgan fingerprint density at radius 1 is 1.21 bits per heavy atom. The van der Waals surface area contributed by atoms with Crippen molar-refractivity contribution in [3.8, 4) is 0 Å². The maximum absolute atomic E-state index is 11.3. The maximum atomic E-state index is 11.3. The predicted octanol–water partition coefficient (Wildman–Crippen LogP) is 2.25. The molecule has 76 valence electrons. The van der Waals surface area contributed by atoms with Crippen LogP contribution in [0.1, 0.15) is 10.4 Å². The van der Waals surface area contributed by atoms with Crippen LogP contribution in [0.3, 0.4) is 0 Å². The Balaban J connectivity index is 2.29. The topological polar surface area (TPSA) is 35.5 Å². The Morgan fingerprint density at radius 2 is 1.93 bits per heavy atom. The third-order valence-electron chi connectivity index (χ3n) is 1.55. The molecule has 0 saturated heterocycles. The number of ether oxygens (including phenoxy) is 2. The van der Waals surface area contributed by atoms with Gasteiger partial charge in [0, 0.05) is 0 Å². The summed E-state index contributed by atoms with van der Waals surface area (Å²) < 4.78 is 10.6. The van der Waals surface area contributed by atoms with Gasteiger partial charge in [-0.3, -0.25) is 0 Å². The molecule has 0 N–H and O–H groups in total. The third kappa shape index (κ3) is 4.06. The normalized spacial score (nSPS) is 9.79. The first-order valence-corrected chi connectivity index (χ1v) is 5.73. The third-order valence-corrected chi connectivity index (χ3v) is 1.99. The van der Waals surface area contributed by atoms with Gasteiger partial charge in [0.1, 0.15) is 6.61 Å². The minimum Gasteiger partial charge on any atom is -0.460 e. The molecule has 14 heavy (non-hydrogen) atoms. The van der Waals surface area contributed by atoms with E-state index < -0.39 is 0 Å². The molecule has 0 fully saturated rings. The molecular formula is C10H11IO3. The van der Waals surface area contributed by atoms with E-state index in [-0.39, 0.29) is 5.97 Å². The molecule has 1 aromatic rings. The van der Waals surface area contributed by atoms with E-state index in [1.165, 1.54) is 0 Å². The van der Waals surface area contributed by atoms with E-state index in [4.69, 9.17) is 9.47 Å². The molecule has 1 aromatic carbocycles. The number of carbonyl (C=O) groups excluding carboxylic acids is 1. The summed E-state index contributed by atoms with van der Waals surface area (Å²) in [4.78, 5) is 11.3. The fraction of sp³-hybridized carbons (Fsp3) is 0.300. The van der Waals surface area contributed by atoms with E-state index in [2.05, 4.69) is 22.6 Å². The number of hydrogen-bond donors (Lipinski definition) is 0. The lowest BCUT2D eigenvalue weighted by molar-refractivity contribution is 0.0381. The van der Waals surface area contributed by atoms with Crippen LogP contribution in [-0.2, 0) is 9.47 Å². The van der Waals surface area contributed by atoms with Crippen molar-refractivity contribution in [2.24, 2.45) is 0 Å². The first-order chi connectivity index (χ1) is 6.84. The number of halogens is 1. The SMILES string of the molecule is O=C(OCCOCI)c1ccccc1. The standard InChI is InChI=1S/C10H11IO3/c11-8-13-6-7-14-10(12)9-4-2-1-3-5-9/h1-5H,6-8H2. The molecule has 3 nitrogen and oxygen atoms in total. The molecule has 0 bridgehead atoms. The zero-order valence-electron chi connectivity index (χ0n) is 7.61. The monoisotopic (exact) mass is 306 g/mol. The van der Waals surface area contributed by atoms with Crippen LogP contribution in [0.2, 0.25) is 0 Å². The Kier molecular flexibility index (Phi) is 5.55. The summed E-state index contributed by atoms with van der Waals surface area (Å²) in [6.07, 6.45) is 0. The van der Waals surface area contributed by atoms with Gasteiger partial charge >= 0.3 is 5.97 Å². The summed E-state index contributed by atoms with van der Waals surface area (Å²) in [7, 11) is 0. The molecule has 0 aliphatic rings. The van der Waals surface area contributed by atoms with E-state index in [0.29, 0.717) is 23.4 Å². The Bertz CT molecular complexity index is 274. The van der Waals surface area contributed by atoms with Gasteiger partial charge < -0.3 is 9.47 Å². The molecule has 0 aliphatic heterocycles. The number of alkyl halides is 1. The second kappa shape index (κ2) is 6.78. The smallest absolute Gasteiger partial charge is 0.338 e. The quantitative estimate of drug-likeness (QED) is 0.362. The van der Waals surface area contributed by atoms with Crippen LogP contribution >= 0.6 is 22.6 Å². The van der Waals surface area contributed by atoms with Gasteiger partial charge in [0.05, 0.1) is 16.8 Å². The molecule has 0 aromatic heterocycles. The van der Waals surface area contributed by atoms with Gasteiger partial charge in [-0.05, 0) is 12.1 Å². The minimum absolute atomic E-state index is 0.302. The summed E-state index contributed by atoms with van der Waals surface area (Å²) in [5.41, 5.74) is 0.571. The Hall–Kier alpha value is -0.620. The van der Waals surface area contributed by atoms with E-state index in [9.17, 15) is 4.79 Å². The fourth-order valence-electron chi connectivity index (χ4n) is 0.905. The summed E-state index contributed by atoms with van der Waals surface area (Å²) >= 11 is 2.09. The van der Waals surface area contributed by atoms with E-state index in [1.807, 2.05) is 6.07 Å². The van der Waals surface area contributed by atoms with Crippen molar-refractivity contribution in [2.45, 2.75) is 0 Å². The van der Waals surface area contributed by atoms with E-state index >= 15 is 0 Å². The van der Waals surface area contributed by atoms with Crippen molar-refractivity contribution >= 4 is 28.6 Å². The van der Waals surface area contributed by atoms with Crippen molar-refractivity contribution < 1.29 is 14.3 Å². The van der Waals surface area contributed by atoms with Crippen molar-refractivity contribution in [1.29, 1.82) is 0 Å². The number of rotatable bonds is 5. The molecule has 0 atom stereocenters. The van der Waals surface area contributed by atoms with Crippen LogP contribution in [0, 0.1) is 0 Å². The van der Waals surface area contributed by atoms with Gasteiger partial charge in [0.15, 0.2) is 0 Å². The second-order valence-electron chi connectivity index (χ2n) is 2.52. The zero-order valence-corrected chi connectivity index (χ0v) is 9.77. The van der Waals surface area contributed by atoms with Crippen LogP contribution in [-0.4, -0.2) is 23.8 Å². The van der Waals surface area contributed by atoms with Crippen LogP contribution in [0.4, 0.5) is 0 Å². The molecule has 1 rings (SSSR count). The van der Waals surface area contributed by atoms with Crippen molar-refractivity contribution in [3.05, 3.63) is 35.9 Å². The van der Waals surface area contributed by atoms with Crippen LogP contribution in [0.15, 0.2) is 30.3 Å². The molecule has 0 amide bonds. The number of esters is 1. The molecular weight excluding hydrogens is 295 g/mol. The van der Waals surface area contributed by atoms with Gasteiger partial charge in [-0.2, -0.15) is 0 Å². The lowest BCUT2D eigenvalue weighted by atomic mass is 10.2. The van der Waals surface area contributed by atoms with Crippen molar-refractivity contribution in [3.63, 3.8) is 0 Å². The summed E-state index contributed by atoms with van der Waals surface area (Å²) in [6.45, 7) is 0.748. The lowest BCUT2D eigenvalue weighted by Gasteiger charge is -2.03. The summed E-state index contributed by atoms with van der Waals surface area (Å²) in [6, 6.07) is 8.91. The number of benzene rings is 1. The number of hydrogen-bond acceptors (Lipinski definition) is 3. The highest BCUT2D eigenvalue weighted by Gasteiger charge is 2.04. The van der Waals surface area contributed by atoms with Gasteiger partial charge in [-0.15, -0.1) is 0 Å². The highest BCUT2D eigenvalue weighted by molar-refractivity contribution is 14.1. The van der Waals surface area contributed by atoms with Crippen LogP contribution in [0.25, 0.3) is 0 Å². The summed E-state index contributed by atoms with van der Waals surface area (Å²) in [5.74, 6) is -0.303. The van der Waals surface area contributed by atoms with Crippen LogP contribution < -0.4 is 0 Å². The minimum atomic E-state index is -0.303. The second-order valence-corrected chi connectivity index (χ2v) is 3.14. The first-order valence-electron chi connectivity index (χ1n) is 4.20. The van der Waals surface area contributed by atoms with Gasteiger partial charge in [-0.25, -0.2) is 4.79 Å².